The van der Waals surface area contributed by atoms with Crippen molar-refractivity contribution in [3.05, 3.63) is 60.2 Å². The normalized spacial score (nSPS) is 10.4. The predicted molar refractivity (Wildman–Crippen MR) is 118 cm³/mol. The Morgan fingerprint density at radius 3 is 2.52 bits per heavy atom. The highest BCUT2D eigenvalue weighted by Crippen LogP contribution is 2.37. The van der Waals surface area contributed by atoms with Gasteiger partial charge in [0.15, 0.2) is 10.9 Å². The molecule has 2 amide bonds. The summed E-state index contributed by atoms with van der Waals surface area (Å²) in [5.41, 5.74) is 2.54. The van der Waals surface area contributed by atoms with Gasteiger partial charge in [0.05, 0.1) is 5.75 Å². The molecule has 6 nitrogen and oxygen atoms in total. The number of benzene rings is 2. The molecule has 29 heavy (non-hydrogen) atoms. The minimum absolute atomic E-state index is 0.0799. The van der Waals surface area contributed by atoms with Crippen molar-refractivity contribution in [1.82, 2.24) is 10.3 Å². The lowest BCUT2D eigenvalue weighted by Crippen LogP contribution is -2.20. The second kappa shape index (κ2) is 10.1. The first-order valence-electron chi connectivity index (χ1n) is 8.94. The molecule has 0 radical (unpaired) electrons. The lowest BCUT2D eigenvalue weighted by Gasteiger charge is -2.09. The molecule has 0 unspecified atom stereocenters. The molecule has 0 bridgehead atoms. The third-order valence-electron chi connectivity index (χ3n) is 3.97. The van der Waals surface area contributed by atoms with Gasteiger partial charge in [-0.25, -0.2) is 4.98 Å². The number of hydrogen-bond acceptors (Lipinski definition) is 6. The number of thioether (sulfide) groups is 1. The summed E-state index contributed by atoms with van der Waals surface area (Å²) in [6, 6.07) is 17.2. The van der Waals surface area contributed by atoms with Crippen LogP contribution in [0.1, 0.15) is 5.56 Å². The fraction of sp³-hybridized carbons (Fsp3) is 0.190. The van der Waals surface area contributed by atoms with Crippen LogP contribution in [-0.4, -0.2) is 36.2 Å². The van der Waals surface area contributed by atoms with Crippen LogP contribution in [0, 0.1) is 6.92 Å². The van der Waals surface area contributed by atoms with E-state index in [0.29, 0.717) is 20.8 Å². The third-order valence-corrected chi connectivity index (χ3v) is 6.08. The van der Waals surface area contributed by atoms with E-state index in [4.69, 9.17) is 4.74 Å². The van der Waals surface area contributed by atoms with E-state index in [1.807, 2.05) is 61.5 Å². The van der Waals surface area contributed by atoms with Gasteiger partial charge in [0, 0.05) is 12.6 Å². The molecule has 0 spiro atoms. The Kier molecular flexibility index (Phi) is 7.26. The van der Waals surface area contributed by atoms with Crippen LogP contribution in [-0.2, 0) is 9.59 Å². The van der Waals surface area contributed by atoms with E-state index in [-0.39, 0.29) is 24.2 Å². The van der Waals surface area contributed by atoms with Gasteiger partial charge in [-0.3, -0.25) is 9.59 Å². The summed E-state index contributed by atoms with van der Waals surface area (Å²) in [7, 11) is 1.60. The van der Waals surface area contributed by atoms with E-state index in [0.717, 1.165) is 11.1 Å². The maximum Gasteiger partial charge on any atom is 0.262 e. The van der Waals surface area contributed by atoms with Crippen molar-refractivity contribution in [2.45, 2.75) is 11.3 Å². The number of para-hydroxylation sites is 1. The zero-order chi connectivity index (χ0) is 20.6. The summed E-state index contributed by atoms with van der Waals surface area (Å²) in [6.07, 6.45) is 0. The Morgan fingerprint density at radius 1 is 1.07 bits per heavy atom. The van der Waals surface area contributed by atoms with Gasteiger partial charge < -0.3 is 15.4 Å². The largest absolute Gasteiger partial charge is 0.483 e. The highest BCUT2D eigenvalue weighted by Gasteiger charge is 2.17. The number of nitrogens with one attached hydrogen (secondary N) is 2. The summed E-state index contributed by atoms with van der Waals surface area (Å²) < 4.78 is 6.34. The quantitative estimate of drug-likeness (QED) is 0.532. The second-order valence-corrected chi connectivity index (χ2v) is 8.31. The molecule has 0 aliphatic rings. The maximum absolute atomic E-state index is 12.5. The molecule has 2 aromatic carbocycles. The zero-order valence-corrected chi connectivity index (χ0v) is 17.7. The summed E-state index contributed by atoms with van der Waals surface area (Å²) in [4.78, 5) is 28.6. The molecule has 8 heteroatoms. The first-order valence-corrected chi connectivity index (χ1v) is 10.7. The molecule has 1 aromatic heterocycles. The molecule has 0 aliphatic carbocycles. The van der Waals surface area contributed by atoms with Crippen LogP contribution in [0.4, 0.5) is 5.00 Å². The van der Waals surface area contributed by atoms with Crippen LogP contribution in [0.3, 0.4) is 0 Å². The topological polar surface area (TPSA) is 80.3 Å². The number of carbonyl (C=O) groups is 2. The number of thiazole rings is 1. The molecule has 150 valence electrons. The lowest BCUT2D eigenvalue weighted by atomic mass is 10.2. The van der Waals surface area contributed by atoms with Crippen molar-refractivity contribution in [3.63, 3.8) is 0 Å². The highest BCUT2D eigenvalue weighted by atomic mass is 32.2. The Morgan fingerprint density at radius 2 is 1.79 bits per heavy atom. The van der Waals surface area contributed by atoms with E-state index >= 15 is 0 Å². The Bertz CT molecular complexity index is 990. The lowest BCUT2D eigenvalue weighted by molar-refractivity contribution is -0.118. The molecule has 3 aromatic rings. The van der Waals surface area contributed by atoms with Gasteiger partial charge in [0.1, 0.15) is 16.4 Å². The highest BCUT2D eigenvalue weighted by molar-refractivity contribution is 8.01. The molecule has 0 saturated carbocycles. The molecular formula is C21H21N3O3S2. The number of amides is 2. The summed E-state index contributed by atoms with van der Waals surface area (Å²) in [5, 5.41) is 6.12. The van der Waals surface area contributed by atoms with E-state index in [1.54, 1.807) is 7.05 Å². The van der Waals surface area contributed by atoms with E-state index < -0.39 is 0 Å². The third kappa shape index (κ3) is 5.82. The van der Waals surface area contributed by atoms with Crippen molar-refractivity contribution in [2.75, 3.05) is 24.7 Å². The van der Waals surface area contributed by atoms with Gasteiger partial charge >= 0.3 is 0 Å². The SMILES string of the molecule is CNC(=O)CSc1nc(-c2ccccc2)c(NC(=O)COc2ccccc2C)s1. The van der Waals surface area contributed by atoms with Crippen LogP contribution in [0.15, 0.2) is 58.9 Å². The monoisotopic (exact) mass is 427 g/mol. The van der Waals surface area contributed by atoms with Crippen LogP contribution < -0.4 is 15.4 Å². The van der Waals surface area contributed by atoms with Crippen molar-refractivity contribution in [2.24, 2.45) is 0 Å². The zero-order valence-electron chi connectivity index (χ0n) is 16.1. The molecule has 0 atom stereocenters. The smallest absolute Gasteiger partial charge is 0.262 e. The summed E-state index contributed by atoms with van der Waals surface area (Å²) >= 11 is 2.68. The van der Waals surface area contributed by atoms with Crippen molar-refractivity contribution < 1.29 is 14.3 Å². The molecule has 1 heterocycles. The summed E-state index contributed by atoms with van der Waals surface area (Å²) in [5.74, 6) is 0.597. The number of aromatic nitrogens is 1. The first kappa shape index (κ1) is 20.9. The van der Waals surface area contributed by atoms with E-state index in [1.165, 1.54) is 23.1 Å². The number of aryl methyl sites for hydroxylation is 1. The number of ether oxygens (including phenoxy) is 1. The molecular weight excluding hydrogens is 406 g/mol. The van der Waals surface area contributed by atoms with Gasteiger partial charge in [-0.2, -0.15) is 0 Å². The van der Waals surface area contributed by atoms with Gasteiger partial charge in [-0.1, -0.05) is 71.6 Å². The minimum Gasteiger partial charge on any atom is -0.483 e. The fourth-order valence-electron chi connectivity index (χ4n) is 2.46. The van der Waals surface area contributed by atoms with E-state index in [2.05, 4.69) is 15.6 Å². The van der Waals surface area contributed by atoms with Crippen LogP contribution in [0.25, 0.3) is 11.3 Å². The fourth-order valence-corrected chi connectivity index (χ4v) is 4.42. The first-order chi connectivity index (χ1) is 14.1. The van der Waals surface area contributed by atoms with Gasteiger partial charge in [-0.05, 0) is 18.6 Å². The number of anilines is 1. The minimum atomic E-state index is -0.267. The summed E-state index contributed by atoms with van der Waals surface area (Å²) in [6.45, 7) is 1.83. The van der Waals surface area contributed by atoms with Gasteiger partial charge in [-0.15, -0.1) is 0 Å². The number of nitrogens with zero attached hydrogens (tertiary/aromatic N) is 1. The van der Waals surface area contributed by atoms with Crippen molar-refractivity contribution >= 4 is 39.9 Å². The standard InChI is InChI=1S/C21H21N3O3S2/c1-14-8-6-7-11-16(14)27-12-17(25)23-20-19(15-9-4-3-5-10-15)24-21(29-20)28-13-18(26)22-2/h3-11H,12-13H2,1-2H3,(H,22,26)(H,23,25). The Hall–Kier alpha value is -2.84. The second-order valence-electron chi connectivity index (χ2n) is 6.09. The predicted octanol–water partition coefficient (Wildman–Crippen LogP) is 3.97. The maximum atomic E-state index is 12.5. The Balaban J connectivity index is 1.73. The van der Waals surface area contributed by atoms with Crippen LogP contribution >= 0.6 is 23.1 Å². The van der Waals surface area contributed by atoms with Crippen LogP contribution in [0.2, 0.25) is 0 Å². The molecule has 2 N–H and O–H groups in total. The Labute approximate surface area is 177 Å². The van der Waals surface area contributed by atoms with Crippen molar-refractivity contribution in [1.29, 1.82) is 0 Å². The van der Waals surface area contributed by atoms with Crippen molar-refractivity contribution in [3.8, 4) is 17.0 Å². The average molecular weight is 428 g/mol. The van der Waals surface area contributed by atoms with Crippen LogP contribution in [0.5, 0.6) is 5.75 Å². The van der Waals surface area contributed by atoms with E-state index in [9.17, 15) is 9.59 Å². The molecule has 3 rings (SSSR count). The molecule has 0 fully saturated rings. The average Bonchev–Trinajstić information content (AvgIpc) is 3.14. The number of rotatable bonds is 8. The van der Waals surface area contributed by atoms with Gasteiger partial charge in [0.2, 0.25) is 5.91 Å². The number of carbonyl (C=O) groups excluding carboxylic acids is 2. The molecule has 0 aliphatic heterocycles. The van der Waals surface area contributed by atoms with Gasteiger partial charge in [0.25, 0.3) is 5.91 Å². The molecule has 0 saturated heterocycles. The number of hydrogen-bond donors (Lipinski definition) is 2.